The number of aliphatic imine (C=N–C) groups is 1. The second-order valence-corrected chi connectivity index (χ2v) is 7.93. The molecule has 2 heterocycles. The van der Waals surface area contributed by atoms with E-state index in [1.54, 1.807) is 12.1 Å². The van der Waals surface area contributed by atoms with Gasteiger partial charge in [0.1, 0.15) is 16.9 Å². The third kappa shape index (κ3) is 4.12. The smallest absolute Gasteiger partial charge is 0.369 e. The van der Waals surface area contributed by atoms with Crippen LogP contribution in [0, 0.1) is 17.1 Å². The Morgan fingerprint density at radius 3 is 2.37 bits per heavy atom. The van der Waals surface area contributed by atoms with Crippen LogP contribution >= 0.6 is 0 Å². The van der Waals surface area contributed by atoms with E-state index >= 15 is 0 Å². The van der Waals surface area contributed by atoms with E-state index in [9.17, 15) is 27.2 Å². The number of hydrogen-bond acceptors (Lipinski definition) is 5. The molecule has 4 rings (SSSR count). The van der Waals surface area contributed by atoms with Gasteiger partial charge in [-0.25, -0.2) is 9.38 Å². The number of alkyl halides is 3. The number of nitriles is 1. The highest BCUT2D eigenvalue weighted by atomic mass is 19.4. The zero-order valence-electron chi connectivity index (χ0n) is 17.8. The summed E-state index contributed by atoms with van der Waals surface area (Å²) in [5.74, 6) is -3.10. The first-order valence-electron chi connectivity index (χ1n) is 10.1. The van der Waals surface area contributed by atoms with Gasteiger partial charge in [0, 0.05) is 18.2 Å². The lowest BCUT2D eigenvalue weighted by atomic mass is 9.68. The van der Waals surface area contributed by atoms with Gasteiger partial charge < -0.3 is 11.5 Å². The summed E-state index contributed by atoms with van der Waals surface area (Å²) in [6, 6.07) is 11.0. The van der Waals surface area contributed by atoms with Gasteiger partial charge in [0.05, 0.1) is 23.9 Å². The van der Waals surface area contributed by atoms with Crippen molar-refractivity contribution in [3.8, 4) is 6.07 Å². The summed E-state index contributed by atoms with van der Waals surface area (Å²) in [7, 11) is 0. The Labute approximate surface area is 195 Å². The lowest BCUT2D eigenvalue weighted by Crippen LogP contribution is -2.48. The Hall–Kier alpha value is -4.53. The molecule has 12 heteroatoms. The molecule has 0 saturated carbocycles. The number of halogens is 4. The molecule has 35 heavy (non-hydrogen) atoms. The number of nitrogens with two attached hydrogens (primary N) is 2. The van der Waals surface area contributed by atoms with Gasteiger partial charge in [0.15, 0.2) is 5.69 Å². The number of nitrogens with zero attached hydrogens (tertiary/aromatic N) is 4. The number of benzene rings is 2. The fraction of sp³-hybridized carbons (Fsp3) is 0.174. The number of rotatable bonds is 5. The van der Waals surface area contributed by atoms with Crippen LogP contribution < -0.4 is 11.5 Å². The maximum Gasteiger partial charge on any atom is 0.435 e. The van der Waals surface area contributed by atoms with E-state index in [0.29, 0.717) is 11.1 Å². The van der Waals surface area contributed by atoms with Crippen molar-refractivity contribution >= 4 is 23.2 Å². The Morgan fingerprint density at radius 2 is 1.80 bits per heavy atom. The maximum absolute atomic E-state index is 14.1. The molecule has 2 amide bonds. The third-order valence-electron chi connectivity index (χ3n) is 5.73. The summed E-state index contributed by atoms with van der Waals surface area (Å²) in [5.41, 5.74) is 6.86. The predicted octanol–water partition coefficient (Wildman–Crippen LogP) is 2.69. The number of hydrogen-bond donors (Lipinski definition) is 2. The molecule has 0 radical (unpaired) electrons. The number of carbonyl (C=O) groups is 2. The van der Waals surface area contributed by atoms with Crippen LogP contribution in [0.5, 0.6) is 0 Å². The zero-order valence-corrected chi connectivity index (χ0v) is 17.8. The van der Waals surface area contributed by atoms with E-state index in [1.807, 2.05) is 6.07 Å². The van der Waals surface area contributed by atoms with E-state index in [-0.39, 0.29) is 17.8 Å². The summed E-state index contributed by atoms with van der Waals surface area (Å²) >= 11 is 0. The Balaban J connectivity index is 1.95. The maximum atomic E-state index is 14.1. The molecule has 2 aromatic carbocycles. The molecule has 8 nitrogen and oxygen atoms in total. The monoisotopic (exact) mass is 484 g/mol. The average molecular weight is 484 g/mol. The van der Waals surface area contributed by atoms with Gasteiger partial charge in [0.2, 0.25) is 5.91 Å². The van der Waals surface area contributed by atoms with Crippen molar-refractivity contribution in [2.24, 2.45) is 16.5 Å². The molecular formula is C23H16F4N6O2. The molecule has 1 unspecified atom stereocenters. The molecule has 1 atom stereocenters. The van der Waals surface area contributed by atoms with Crippen LogP contribution in [0.4, 0.5) is 23.2 Å². The van der Waals surface area contributed by atoms with Gasteiger partial charge in [-0.05, 0) is 35.4 Å². The van der Waals surface area contributed by atoms with Crippen LogP contribution in [0.3, 0.4) is 0 Å². The molecule has 178 valence electrons. The van der Waals surface area contributed by atoms with Gasteiger partial charge in [0.25, 0.3) is 5.91 Å². The van der Waals surface area contributed by atoms with Crippen LogP contribution in [-0.4, -0.2) is 27.3 Å². The lowest BCUT2D eigenvalue weighted by Gasteiger charge is -2.35. The first-order chi connectivity index (χ1) is 16.5. The Kier molecular flexibility index (Phi) is 5.64. The minimum atomic E-state index is -5.00. The van der Waals surface area contributed by atoms with Crippen molar-refractivity contribution in [2.75, 3.05) is 0 Å². The highest BCUT2D eigenvalue weighted by Gasteiger charge is 2.52. The average Bonchev–Trinajstić information content (AvgIpc) is 3.23. The fourth-order valence-electron chi connectivity index (χ4n) is 4.12. The van der Waals surface area contributed by atoms with Crippen molar-refractivity contribution < 1.29 is 27.2 Å². The van der Waals surface area contributed by atoms with E-state index < -0.39 is 52.6 Å². The van der Waals surface area contributed by atoms with Crippen LogP contribution in [-0.2, 0) is 27.7 Å². The van der Waals surface area contributed by atoms with Crippen LogP contribution in [0.15, 0.2) is 53.7 Å². The standard InChI is InChI=1S/C23H16F4N6O2/c24-14-5-6-15-17(7-14)31-18(20(29)34)8-22(15,21(30)35)16-11-33(32-19(16)23(25,26)27)10-13-3-1-12(9-28)2-4-13/h1-7,11H,8,10H2,(H2,29,34)(H2,30,35). The molecule has 1 aromatic heterocycles. The summed E-state index contributed by atoms with van der Waals surface area (Å²) in [6.45, 7) is -0.128. The number of primary amides is 2. The highest BCUT2D eigenvalue weighted by Crippen LogP contribution is 2.48. The molecule has 0 fully saturated rings. The number of aromatic nitrogens is 2. The number of carbonyl (C=O) groups excluding carboxylic acids is 2. The lowest BCUT2D eigenvalue weighted by molar-refractivity contribution is -0.142. The quantitative estimate of drug-likeness (QED) is 0.537. The second-order valence-electron chi connectivity index (χ2n) is 7.93. The minimum Gasteiger partial charge on any atom is -0.369 e. The van der Waals surface area contributed by atoms with Gasteiger partial charge in [-0.3, -0.25) is 14.3 Å². The van der Waals surface area contributed by atoms with Crippen molar-refractivity contribution in [2.45, 2.75) is 24.6 Å². The van der Waals surface area contributed by atoms with Crippen molar-refractivity contribution in [1.82, 2.24) is 9.78 Å². The molecule has 0 saturated heterocycles. The van der Waals surface area contributed by atoms with Gasteiger partial charge in [-0.2, -0.15) is 23.5 Å². The van der Waals surface area contributed by atoms with E-state index in [0.717, 1.165) is 29.1 Å². The SMILES string of the molecule is N#Cc1ccc(Cn2cc(C3(C(N)=O)CC(C(N)=O)=Nc4cc(F)ccc43)c(C(F)(F)F)n2)cc1. The van der Waals surface area contributed by atoms with Gasteiger partial charge in [-0.15, -0.1) is 0 Å². The zero-order chi connectivity index (χ0) is 25.5. The summed E-state index contributed by atoms with van der Waals surface area (Å²) in [6.07, 6.45) is -4.65. The van der Waals surface area contributed by atoms with Gasteiger partial charge in [-0.1, -0.05) is 18.2 Å². The molecular weight excluding hydrogens is 468 g/mol. The number of amides is 2. The Morgan fingerprint density at radius 1 is 1.11 bits per heavy atom. The molecule has 3 aromatic rings. The van der Waals surface area contributed by atoms with Crippen molar-refractivity contribution in [3.63, 3.8) is 0 Å². The summed E-state index contributed by atoms with van der Waals surface area (Å²) in [4.78, 5) is 28.8. The predicted molar refractivity (Wildman–Crippen MR) is 115 cm³/mol. The van der Waals surface area contributed by atoms with Gasteiger partial charge >= 0.3 is 6.18 Å². The minimum absolute atomic E-state index is 0.111. The van der Waals surface area contributed by atoms with Crippen LogP contribution in [0.1, 0.15) is 34.4 Å². The largest absolute Gasteiger partial charge is 0.435 e. The van der Waals surface area contributed by atoms with E-state index in [2.05, 4.69) is 10.1 Å². The first-order valence-corrected chi connectivity index (χ1v) is 10.1. The van der Waals surface area contributed by atoms with Crippen molar-refractivity contribution in [1.29, 1.82) is 5.26 Å². The topological polar surface area (TPSA) is 140 Å². The summed E-state index contributed by atoms with van der Waals surface area (Å²) in [5, 5.41) is 12.6. The third-order valence-corrected chi connectivity index (χ3v) is 5.73. The molecule has 1 aliphatic heterocycles. The number of fused-ring (bicyclic) bond motifs is 1. The van der Waals surface area contributed by atoms with Crippen LogP contribution in [0.25, 0.3) is 0 Å². The van der Waals surface area contributed by atoms with Crippen molar-refractivity contribution in [3.05, 3.63) is 82.4 Å². The highest BCUT2D eigenvalue weighted by molar-refractivity contribution is 6.40. The van der Waals surface area contributed by atoms with E-state index in [4.69, 9.17) is 16.7 Å². The summed E-state index contributed by atoms with van der Waals surface area (Å²) < 4.78 is 57.3. The molecule has 1 aliphatic rings. The molecule has 4 N–H and O–H groups in total. The fourth-order valence-corrected chi connectivity index (χ4v) is 4.12. The first kappa shape index (κ1) is 23.6. The molecule has 0 spiro atoms. The van der Waals surface area contributed by atoms with E-state index in [1.165, 1.54) is 12.1 Å². The molecule has 0 bridgehead atoms. The van der Waals surface area contributed by atoms with Crippen LogP contribution in [0.2, 0.25) is 0 Å². The molecule has 0 aliphatic carbocycles. The second kappa shape index (κ2) is 8.35. The Bertz CT molecular complexity index is 1420. The normalized spacial score (nSPS) is 17.3.